The van der Waals surface area contributed by atoms with E-state index >= 15 is 0 Å². The summed E-state index contributed by atoms with van der Waals surface area (Å²) in [6.07, 6.45) is 6.06. The molecule has 28 heavy (non-hydrogen) atoms. The lowest BCUT2D eigenvalue weighted by molar-refractivity contribution is 0.0241. The highest BCUT2D eigenvalue weighted by Crippen LogP contribution is 2.39. The average molecular weight is 398 g/mol. The van der Waals surface area contributed by atoms with Gasteiger partial charge in [0.15, 0.2) is 5.76 Å². The largest absolute Gasteiger partial charge is 0.459 e. The molecule has 4 heterocycles. The molecule has 1 fully saturated rings. The Hall–Kier alpha value is -2.48. The summed E-state index contributed by atoms with van der Waals surface area (Å²) in [4.78, 5) is 20.4. The Balaban J connectivity index is 1.72. The predicted octanol–water partition coefficient (Wildman–Crippen LogP) is 3.97. The van der Waals surface area contributed by atoms with Crippen molar-refractivity contribution in [1.82, 2.24) is 9.88 Å². The molecular weight excluding hydrogens is 374 g/mol. The zero-order valence-electron chi connectivity index (χ0n) is 15.8. The monoisotopic (exact) mass is 397 g/mol. The molecule has 0 saturated carbocycles. The highest BCUT2D eigenvalue weighted by atomic mass is 32.1. The van der Waals surface area contributed by atoms with Crippen LogP contribution in [0.5, 0.6) is 0 Å². The molecule has 0 radical (unpaired) electrons. The molecule has 0 aliphatic carbocycles. The minimum Gasteiger partial charge on any atom is -0.459 e. The summed E-state index contributed by atoms with van der Waals surface area (Å²) in [5.74, 6) is 0.0791. The number of furan rings is 1. The number of amides is 1. The maximum atomic E-state index is 12.6. The number of morpholine rings is 1. The molecule has 1 amide bonds. The number of pyridine rings is 1. The van der Waals surface area contributed by atoms with Crippen LogP contribution >= 0.6 is 11.3 Å². The fraction of sp³-hybridized carbons (Fsp3) is 0.333. The molecule has 4 rings (SSSR count). The molecule has 1 atom stereocenters. The normalized spacial score (nSPS) is 16.0. The van der Waals surface area contributed by atoms with E-state index in [-0.39, 0.29) is 11.9 Å². The van der Waals surface area contributed by atoms with Crippen molar-refractivity contribution in [3.8, 4) is 0 Å². The number of aromatic nitrogens is 1. The number of hydrogen-bond donors (Lipinski definition) is 1. The zero-order valence-corrected chi connectivity index (χ0v) is 16.6. The lowest BCUT2D eigenvalue weighted by atomic mass is 9.98. The van der Waals surface area contributed by atoms with E-state index in [1.54, 1.807) is 23.5 Å². The Morgan fingerprint density at radius 2 is 2.07 bits per heavy atom. The van der Waals surface area contributed by atoms with Crippen LogP contribution in [0.15, 0.2) is 53.4 Å². The van der Waals surface area contributed by atoms with Crippen molar-refractivity contribution >= 4 is 22.2 Å². The van der Waals surface area contributed by atoms with Crippen molar-refractivity contribution in [2.24, 2.45) is 0 Å². The molecule has 1 aliphatic rings. The minimum absolute atomic E-state index is 0.0374. The number of aryl methyl sites for hydroxylation is 1. The standard InChI is InChI=1S/C21H23N3O3S/c1-2-16-14-17(21(28-16)23-20(25)18-4-3-11-27-18)19(15-5-7-22-8-6-15)24-9-12-26-13-10-24/h3-8,11,14,19H,2,9-10,12-13H2,1H3,(H,23,25). The number of nitrogens with one attached hydrogen (secondary N) is 1. The van der Waals surface area contributed by atoms with Crippen LogP contribution in [-0.4, -0.2) is 42.1 Å². The van der Waals surface area contributed by atoms with Gasteiger partial charge >= 0.3 is 0 Å². The molecule has 1 aliphatic heterocycles. The summed E-state index contributed by atoms with van der Waals surface area (Å²) in [5, 5.41) is 3.94. The fourth-order valence-electron chi connectivity index (χ4n) is 3.47. The highest BCUT2D eigenvalue weighted by Gasteiger charge is 2.28. The van der Waals surface area contributed by atoms with Gasteiger partial charge in [0, 0.05) is 35.9 Å². The summed E-state index contributed by atoms with van der Waals surface area (Å²) >= 11 is 1.62. The van der Waals surface area contributed by atoms with E-state index in [9.17, 15) is 4.79 Å². The molecule has 1 saturated heterocycles. The third-order valence-corrected chi connectivity index (χ3v) is 6.07. The van der Waals surface area contributed by atoms with Crippen LogP contribution in [0.1, 0.15) is 39.5 Å². The lowest BCUT2D eigenvalue weighted by Gasteiger charge is -2.35. The Morgan fingerprint density at radius 1 is 1.29 bits per heavy atom. The van der Waals surface area contributed by atoms with Gasteiger partial charge in [-0.15, -0.1) is 11.3 Å². The van der Waals surface area contributed by atoms with Gasteiger partial charge < -0.3 is 14.5 Å². The Bertz CT molecular complexity index is 902. The third kappa shape index (κ3) is 4.01. The van der Waals surface area contributed by atoms with Crippen LogP contribution < -0.4 is 5.32 Å². The first-order valence-electron chi connectivity index (χ1n) is 9.45. The predicted molar refractivity (Wildman–Crippen MR) is 109 cm³/mol. The molecule has 0 bridgehead atoms. The molecule has 0 aromatic carbocycles. The number of carbonyl (C=O) groups is 1. The van der Waals surface area contributed by atoms with Gasteiger partial charge in [0.2, 0.25) is 0 Å². The SMILES string of the molecule is CCc1cc(C(c2ccncc2)N2CCOCC2)c(NC(=O)c2ccco2)s1. The van der Waals surface area contributed by atoms with Crippen LogP contribution in [0.3, 0.4) is 0 Å². The van der Waals surface area contributed by atoms with Gasteiger partial charge in [-0.3, -0.25) is 14.7 Å². The van der Waals surface area contributed by atoms with E-state index < -0.39 is 0 Å². The Labute approximate surface area is 168 Å². The van der Waals surface area contributed by atoms with E-state index in [1.807, 2.05) is 24.5 Å². The zero-order chi connectivity index (χ0) is 19.3. The molecule has 1 unspecified atom stereocenters. The molecule has 6 nitrogen and oxygen atoms in total. The van der Waals surface area contributed by atoms with Crippen LogP contribution in [0.4, 0.5) is 5.00 Å². The number of hydrogen-bond acceptors (Lipinski definition) is 6. The van der Waals surface area contributed by atoms with Crippen molar-refractivity contribution in [3.63, 3.8) is 0 Å². The molecule has 146 valence electrons. The second-order valence-corrected chi connectivity index (χ2v) is 7.75. The van der Waals surface area contributed by atoms with Crippen molar-refractivity contribution < 1.29 is 13.9 Å². The van der Waals surface area contributed by atoms with Gasteiger partial charge in [0.25, 0.3) is 5.91 Å². The molecule has 0 spiro atoms. The third-order valence-electron chi connectivity index (χ3n) is 4.86. The smallest absolute Gasteiger partial charge is 0.291 e. The number of ether oxygens (including phenoxy) is 1. The van der Waals surface area contributed by atoms with E-state index in [0.29, 0.717) is 19.0 Å². The molecule has 7 heteroatoms. The number of thiophene rings is 1. The van der Waals surface area contributed by atoms with Crippen molar-refractivity contribution in [2.75, 3.05) is 31.6 Å². The van der Waals surface area contributed by atoms with Crippen molar-refractivity contribution in [2.45, 2.75) is 19.4 Å². The van der Waals surface area contributed by atoms with E-state index in [4.69, 9.17) is 9.15 Å². The fourth-order valence-corrected chi connectivity index (χ4v) is 4.50. The molecular formula is C21H23N3O3S. The number of anilines is 1. The molecule has 1 N–H and O–H groups in total. The molecule has 3 aromatic heterocycles. The van der Waals surface area contributed by atoms with E-state index in [2.05, 4.69) is 28.2 Å². The summed E-state index contributed by atoms with van der Waals surface area (Å²) < 4.78 is 10.8. The first-order valence-corrected chi connectivity index (χ1v) is 10.3. The van der Waals surface area contributed by atoms with Crippen LogP contribution in [0, 0.1) is 0 Å². The summed E-state index contributed by atoms with van der Waals surface area (Å²) in [7, 11) is 0. The number of rotatable bonds is 6. The first-order chi connectivity index (χ1) is 13.8. The van der Waals surface area contributed by atoms with Crippen molar-refractivity contribution in [1.29, 1.82) is 0 Å². The van der Waals surface area contributed by atoms with Crippen molar-refractivity contribution in [3.05, 3.63) is 70.8 Å². The maximum Gasteiger partial charge on any atom is 0.291 e. The second kappa shape index (κ2) is 8.68. The van der Waals surface area contributed by atoms with Gasteiger partial charge in [-0.05, 0) is 42.3 Å². The summed E-state index contributed by atoms with van der Waals surface area (Å²) in [6.45, 7) is 5.23. The Morgan fingerprint density at radius 3 is 2.75 bits per heavy atom. The van der Waals surface area contributed by atoms with Crippen LogP contribution in [0.25, 0.3) is 0 Å². The van der Waals surface area contributed by atoms with Gasteiger partial charge in [0.05, 0.1) is 25.5 Å². The van der Waals surface area contributed by atoms with E-state index in [1.165, 1.54) is 11.1 Å². The number of nitrogens with zero attached hydrogens (tertiary/aromatic N) is 2. The first kappa shape index (κ1) is 18.9. The second-order valence-electron chi connectivity index (χ2n) is 6.61. The number of carbonyl (C=O) groups excluding carboxylic acids is 1. The lowest BCUT2D eigenvalue weighted by Crippen LogP contribution is -2.39. The summed E-state index contributed by atoms with van der Waals surface area (Å²) in [5.41, 5.74) is 2.26. The quantitative estimate of drug-likeness (QED) is 0.682. The topological polar surface area (TPSA) is 67.6 Å². The Kier molecular flexibility index (Phi) is 5.85. The average Bonchev–Trinajstić information content (AvgIpc) is 3.41. The summed E-state index contributed by atoms with van der Waals surface area (Å²) in [6, 6.07) is 9.72. The van der Waals surface area contributed by atoms with Crippen LogP contribution in [-0.2, 0) is 11.2 Å². The highest BCUT2D eigenvalue weighted by molar-refractivity contribution is 7.16. The van der Waals surface area contributed by atoms with Gasteiger partial charge in [-0.2, -0.15) is 0 Å². The maximum absolute atomic E-state index is 12.6. The molecule has 3 aromatic rings. The van der Waals surface area contributed by atoms with Gasteiger partial charge in [0.1, 0.15) is 5.00 Å². The van der Waals surface area contributed by atoms with Crippen LogP contribution in [0.2, 0.25) is 0 Å². The van der Waals surface area contributed by atoms with Gasteiger partial charge in [-0.25, -0.2) is 0 Å². The minimum atomic E-state index is -0.230. The van der Waals surface area contributed by atoms with Gasteiger partial charge in [-0.1, -0.05) is 6.92 Å². The van der Waals surface area contributed by atoms with E-state index in [0.717, 1.165) is 35.6 Å².